The van der Waals surface area contributed by atoms with Gasteiger partial charge in [0.05, 0.1) is 42.7 Å². The number of likely N-dealkylation sites (N-methyl/N-ethyl adjacent to an activating group) is 1. The van der Waals surface area contributed by atoms with Crippen LogP contribution in [-0.2, 0) is 11.2 Å². The van der Waals surface area contributed by atoms with E-state index in [1.54, 1.807) is 17.0 Å². The Hall–Kier alpha value is -4.02. The van der Waals surface area contributed by atoms with Crippen molar-refractivity contribution in [2.45, 2.75) is 49.1 Å². The summed E-state index contributed by atoms with van der Waals surface area (Å²) in [7, 11) is 2.04. The summed E-state index contributed by atoms with van der Waals surface area (Å²) in [6, 6.07) is 5.23. The number of nitrogens with zero attached hydrogens (tertiary/aromatic N) is 7. The molecule has 10 nitrogen and oxygen atoms in total. The Balaban J connectivity index is 1.44. The Labute approximate surface area is 259 Å². The number of ether oxygens (including phenoxy) is 2. The van der Waals surface area contributed by atoms with E-state index < -0.39 is 11.9 Å². The number of likely N-dealkylation sites (tertiary alicyclic amines) is 1. The molecule has 1 aromatic carbocycles. The third-order valence-corrected chi connectivity index (χ3v) is 9.21. The van der Waals surface area contributed by atoms with E-state index >= 15 is 4.39 Å². The van der Waals surface area contributed by atoms with Gasteiger partial charge in [-0.3, -0.25) is 9.78 Å². The van der Waals surface area contributed by atoms with Crippen LogP contribution in [0, 0.1) is 17.1 Å². The molecule has 2 fully saturated rings. The van der Waals surface area contributed by atoms with E-state index in [2.05, 4.69) is 27.5 Å². The van der Waals surface area contributed by atoms with Crippen LogP contribution in [0.5, 0.6) is 11.8 Å². The van der Waals surface area contributed by atoms with Gasteiger partial charge < -0.3 is 24.2 Å². The van der Waals surface area contributed by atoms with Crippen LogP contribution < -0.4 is 14.4 Å². The van der Waals surface area contributed by atoms with Crippen LogP contribution in [0.25, 0.3) is 22.2 Å². The molecule has 0 radical (unpaired) electrons. The number of nitriles is 1. The maximum absolute atomic E-state index is 16.6. The molecule has 1 amide bonds. The molecule has 3 aromatic rings. The van der Waals surface area contributed by atoms with E-state index in [4.69, 9.17) is 14.5 Å². The monoisotopic (exact) mass is 621 g/mol. The molecule has 0 N–H and O–H groups in total. The fourth-order valence-electron chi connectivity index (χ4n) is 6.30. The summed E-state index contributed by atoms with van der Waals surface area (Å²) in [5.41, 5.74) is 1.20. The van der Waals surface area contributed by atoms with Gasteiger partial charge in [-0.1, -0.05) is 6.58 Å². The van der Waals surface area contributed by atoms with Crippen molar-refractivity contribution in [3.8, 4) is 29.1 Å². The molecule has 13 heteroatoms. The summed E-state index contributed by atoms with van der Waals surface area (Å²) < 4.78 is 42.2. The van der Waals surface area contributed by atoms with Crippen LogP contribution in [0.3, 0.4) is 0 Å². The highest BCUT2D eigenvalue weighted by molar-refractivity contribution is 7.94. The van der Waals surface area contributed by atoms with E-state index in [0.717, 1.165) is 25.8 Å². The molecule has 3 aliphatic heterocycles. The Kier molecular flexibility index (Phi) is 8.81. The van der Waals surface area contributed by atoms with Gasteiger partial charge in [0.2, 0.25) is 5.91 Å². The van der Waals surface area contributed by atoms with Gasteiger partial charge in [0.25, 0.3) is 0 Å². The molecule has 2 atom stereocenters. The highest BCUT2D eigenvalue weighted by atomic mass is 32.2. The number of piperazine rings is 1. The first-order valence-corrected chi connectivity index (χ1v) is 15.5. The normalized spacial score (nSPS) is 20.2. The summed E-state index contributed by atoms with van der Waals surface area (Å²) in [5, 5.41) is 9.85. The van der Waals surface area contributed by atoms with Gasteiger partial charge in [-0.2, -0.15) is 19.1 Å². The van der Waals surface area contributed by atoms with Crippen molar-refractivity contribution in [3.63, 3.8) is 0 Å². The fraction of sp³-hybridized carbons (Fsp3) is 0.452. The lowest BCUT2D eigenvalue weighted by Gasteiger charge is -2.41. The molecule has 0 saturated carbocycles. The average Bonchev–Trinajstić information content (AvgIpc) is 3.47. The average molecular weight is 622 g/mol. The van der Waals surface area contributed by atoms with Crippen molar-refractivity contribution in [1.82, 2.24) is 24.8 Å². The minimum absolute atomic E-state index is 0.0321. The second kappa shape index (κ2) is 12.9. The third kappa shape index (κ3) is 5.64. The van der Waals surface area contributed by atoms with Crippen molar-refractivity contribution >= 4 is 34.8 Å². The summed E-state index contributed by atoms with van der Waals surface area (Å²) in [5.74, 6) is -0.0665. The number of pyridine rings is 1. The molecular formula is C31H33F2N7O3S. The number of hydrogen-bond acceptors (Lipinski definition) is 10. The quantitative estimate of drug-likeness (QED) is 0.328. The number of benzene rings is 1. The number of carbonyl (C=O) groups is 1. The topological polar surface area (TPSA) is 108 Å². The molecule has 0 spiro atoms. The van der Waals surface area contributed by atoms with Gasteiger partial charge in [-0.05, 0) is 57.5 Å². The smallest absolute Gasteiger partial charge is 0.319 e. The summed E-state index contributed by atoms with van der Waals surface area (Å²) in [6.07, 6.45) is 6.30. The highest BCUT2D eigenvalue weighted by Gasteiger charge is 2.32. The number of rotatable bonds is 8. The zero-order valence-corrected chi connectivity index (χ0v) is 25.3. The van der Waals surface area contributed by atoms with Crippen LogP contribution in [0.4, 0.5) is 14.1 Å². The molecule has 6 rings (SSSR count). The second-order valence-corrected chi connectivity index (χ2v) is 11.8. The lowest BCUT2D eigenvalue weighted by molar-refractivity contribution is -0.128. The highest BCUT2D eigenvalue weighted by Crippen LogP contribution is 2.43. The third-order valence-electron chi connectivity index (χ3n) is 8.66. The predicted octanol–water partition coefficient (Wildman–Crippen LogP) is 4.72. The van der Waals surface area contributed by atoms with E-state index in [0.29, 0.717) is 72.2 Å². The number of hydrogen-bond donors (Lipinski definition) is 0. The summed E-state index contributed by atoms with van der Waals surface area (Å²) in [6.45, 7) is 6.39. The minimum Gasteiger partial charge on any atom is -0.493 e. The number of halogens is 2. The van der Waals surface area contributed by atoms with Crippen LogP contribution in [-0.4, -0.2) is 89.2 Å². The SMILES string of the molecule is C=CC(=O)N1CCN(c2nc(OC[C@@H]3CCCN3C)nc3c(F)c(-c4ccc(SF)c5c4OCCC5)ncc23)C[C@@H]1CC#N. The van der Waals surface area contributed by atoms with Gasteiger partial charge in [0, 0.05) is 47.9 Å². The standard InChI is InChI=1S/C31H33F2N7O3S/c1-3-25(41)40-14-13-39(17-19(40)10-11-34)30-23-16-35-27(22-8-9-24(44-33)21-7-5-15-42-29(21)22)26(32)28(23)36-31(37-30)43-18-20-6-4-12-38(20)2/h3,8-9,16,19-20H,1,4-7,10,12-15,17-18H2,2H3/t19-,20-/m0/s1. The maximum Gasteiger partial charge on any atom is 0.319 e. The van der Waals surface area contributed by atoms with Crippen LogP contribution >= 0.6 is 12.1 Å². The summed E-state index contributed by atoms with van der Waals surface area (Å²) >= 11 is 0.146. The van der Waals surface area contributed by atoms with Crippen molar-refractivity contribution in [2.24, 2.45) is 0 Å². The molecule has 2 aromatic heterocycles. The van der Waals surface area contributed by atoms with Crippen LogP contribution in [0.2, 0.25) is 0 Å². The van der Waals surface area contributed by atoms with Gasteiger partial charge in [0.15, 0.2) is 5.82 Å². The van der Waals surface area contributed by atoms with Crippen molar-refractivity contribution in [3.05, 3.63) is 42.4 Å². The van der Waals surface area contributed by atoms with Crippen molar-refractivity contribution in [1.29, 1.82) is 5.26 Å². The summed E-state index contributed by atoms with van der Waals surface area (Å²) in [4.78, 5) is 32.5. The second-order valence-electron chi connectivity index (χ2n) is 11.2. The maximum atomic E-state index is 16.6. The molecule has 44 heavy (non-hydrogen) atoms. The number of carbonyl (C=O) groups excluding carboxylic acids is 1. The molecule has 0 aliphatic carbocycles. The first-order chi connectivity index (χ1) is 21.4. The Morgan fingerprint density at radius 1 is 1.27 bits per heavy atom. The molecule has 230 valence electrons. The zero-order valence-electron chi connectivity index (χ0n) is 24.5. The Morgan fingerprint density at radius 2 is 2.14 bits per heavy atom. The number of fused-ring (bicyclic) bond motifs is 2. The lowest BCUT2D eigenvalue weighted by atomic mass is 9.99. The predicted molar refractivity (Wildman–Crippen MR) is 163 cm³/mol. The Bertz CT molecular complexity index is 1630. The van der Waals surface area contributed by atoms with Gasteiger partial charge in [-0.15, -0.1) is 0 Å². The number of amides is 1. The molecule has 2 saturated heterocycles. The van der Waals surface area contributed by atoms with Crippen molar-refractivity contribution in [2.75, 3.05) is 51.3 Å². The first-order valence-electron chi connectivity index (χ1n) is 14.7. The van der Waals surface area contributed by atoms with Crippen LogP contribution in [0.15, 0.2) is 35.9 Å². The molecule has 5 heterocycles. The van der Waals surface area contributed by atoms with E-state index in [-0.39, 0.29) is 47.7 Å². The van der Waals surface area contributed by atoms with Gasteiger partial charge in [-0.25, -0.2) is 4.39 Å². The first kappa shape index (κ1) is 30.0. The van der Waals surface area contributed by atoms with E-state index in [9.17, 15) is 13.9 Å². The minimum atomic E-state index is -0.667. The van der Waals surface area contributed by atoms with Gasteiger partial charge in [0.1, 0.15) is 29.4 Å². The molecular weight excluding hydrogens is 588 g/mol. The van der Waals surface area contributed by atoms with Crippen molar-refractivity contribution < 1.29 is 22.5 Å². The zero-order chi connectivity index (χ0) is 30.8. The largest absolute Gasteiger partial charge is 0.493 e. The number of anilines is 1. The van der Waals surface area contributed by atoms with E-state index in [1.165, 1.54) is 12.3 Å². The molecule has 0 unspecified atom stereocenters. The number of aromatic nitrogens is 3. The Morgan fingerprint density at radius 3 is 2.89 bits per heavy atom. The van der Waals surface area contributed by atoms with Crippen LogP contribution in [0.1, 0.15) is 31.2 Å². The van der Waals surface area contributed by atoms with E-state index in [1.807, 2.05) is 11.9 Å². The molecule has 3 aliphatic rings. The van der Waals surface area contributed by atoms with Gasteiger partial charge >= 0.3 is 6.01 Å². The molecule has 0 bridgehead atoms. The fourth-order valence-corrected chi connectivity index (χ4v) is 6.71. The lowest BCUT2D eigenvalue weighted by Crippen LogP contribution is -2.55.